The second-order valence-corrected chi connectivity index (χ2v) is 2.86. The van der Waals surface area contributed by atoms with Crippen LogP contribution in [0.5, 0.6) is 0 Å². The van der Waals surface area contributed by atoms with Crippen molar-refractivity contribution < 1.29 is 0 Å². The van der Waals surface area contributed by atoms with Crippen LogP contribution in [0.3, 0.4) is 0 Å². The first-order chi connectivity index (χ1) is 6.40. The first kappa shape index (κ1) is 7.92. The van der Waals surface area contributed by atoms with E-state index in [0.717, 1.165) is 0 Å². The molecule has 2 heterocycles. The van der Waals surface area contributed by atoms with Crippen LogP contribution in [0.4, 0.5) is 0 Å². The van der Waals surface area contributed by atoms with Crippen molar-refractivity contribution in [3.05, 3.63) is 60.7 Å². The minimum Gasteiger partial charge on any atom is -0.265 e. The lowest BCUT2D eigenvalue weighted by Gasteiger charge is -2.19. The van der Waals surface area contributed by atoms with Gasteiger partial charge in [0.2, 0.25) is 0 Å². The van der Waals surface area contributed by atoms with Crippen LogP contribution in [0.15, 0.2) is 60.7 Å². The van der Waals surface area contributed by atoms with Crippen molar-refractivity contribution in [3.63, 3.8) is 0 Å². The lowest BCUT2D eigenvalue weighted by molar-refractivity contribution is 0.803. The van der Waals surface area contributed by atoms with Crippen LogP contribution in [-0.2, 0) is 0 Å². The monoisotopic (exact) mass is 172 g/mol. The summed E-state index contributed by atoms with van der Waals surface area (Å²) in [6.45, 7) is 2.04. The van der Waals surface area contributed by atoms with Gasteiger partial charge in [0.15, 0.2) is 0 Å². The van der Waals surface area contributed by atoms with Gasteiger partial charge in [0, 0.05) is 24.8 Å². The van der Waals surface area contributed by atoms with E-state index in [1.54, 1.807) is 0 Å². The Hall–Kier alpha value is -1.70. The lowest BCUT2D eigenvalue weighted by atomic mass is 10.2. The third kappa shape index (κ3) is 1.56. The molecule has 2 rings (SSSR count). The van der Waals surface area contributed by atoms with E-state index in [1.807, 2.05) is 53.5 Å². The zero-order valence-corrected chi connectivity index (χ0v) is 7.59. The Balaban J connectivity index is 2.19. The zero-order valence-electron chi connectivity index (χ0n) is 7.59. The van der Waals surface area contributed by atoms with Crippen molar-refractivity contribution >= 4 is 0 Å². The van der Waals surface area contributed by atoms with E-state index >= 15 is 0 Å². The molecule has 1 aliphatic rings. The predicted octanol–water partition coefficient (Wildman–Crippen LogP) is 2.41. The fourth-order valence-electron chi connectivity index (χ4n) is 1.26. The zero-order chi connectivity index (χ0) is 9.10. The van der Waals surface area contributed by atoms with Gasteiger partial charge in [0.25, 0.3) is 0 Å². The Bertz CT molecular complexity index is 339. The normalized spacial score (nSPS) is 15.2. The second kappa shape index (κ2) is 3.35. The van der Waals surface area contributed by atoms with Gasteiger partial charge < -0.3 is 0 Å². The number of allylic oxidation sites excluding steroid dienone is 4. The summed E-state index contributed by atoms with van der Waals surface area (Å²) < 4.78 is 2.01. The highest BCUT2D eigenvalue weighted by atomic mass is 15.5. The molecule has 0 radical (unpaired) electrons. The first-order valence-corrected chi connectivity index (χ1v) is 4.34. The summed E-state index contributed by atoms with van der Waals surface area (Å²) in [5.74, 6) is 0. The molecule has 2 nitrogen and oxygen atoms in total. The van der Waals surface area contributed by atoms with Crippen molar-refractivity contribution in [3.8, 4) is 0 Å². The third-order valence-electron chi connectivity index (χ3n) is 2.03. The SMILES string of the molecule is CC=C1C=CN(n2cccc2)C=C1. The summed E-state index contributed by atoms with van der Waals surface area (Å²) in [4.78, 5) is 0. The Morgan fingerprint density at radius 3 is 2.23 bits per heavy atom. The van der Waals surface area contributed by atoms with Crippen molar-refractivity contribution in [2.45, 2.75) is 6.92 Å². The molecular weight excluding hydrogens is 160 g/mol. The number of aromatic nitrogens is 1. The summed E-state index contributed by atoms with van der Waals surface area (Å²) in [7, 11) is 0. The molecule has 0 aromatic carbocycles. The minimum atomic E-state index is 1.24. The van der Waals surface area contributed by atoms with Gasteiger partial charge >= 0.3 is 0 Å². The molecular formula is C11H12N2. The van der Waals surface area contributed by atoms with Crippen molar-refractivity contribution in [2.75, 3.05) is 5.01 Å². The molecule has 1 aromatic heterocycles. The van der Waals surface area contributed by atoms with Crippen LogP contribution >= 0.6 is 0 Å². The first-order valence-electron chi connectivity index (χ1n) is 4.34. The fourth-order valence-corrected chi connectivity index (χ4v) is 1.26. The van der Waals surface area contributed by atoms with Crippen molar-refractivity contribution in [1.82, 2.24) is 4.68 Å². The topological polar surface area (TPSA) is 8.17 Å². The molecule has 2 heteroatoms. The molecule has 0 spiro atoms. The van der Waals surface area contributed by atoms with Gasteiger partial charge in [-0.3, -0.25) is 9.69 Å². The number of nitrogens with zero attached hydrogens (tertiary/aromatic N) is 2. The molecule has 0 N–H and O–H groups in total. The van der Waals surface area contributed by atoms with E-state index in [-0.39, 0.29) is 0 Å². The van der Waals surface area contributed by atoms with E-state index in [9.17, 15) is 0 Å². The molecule has 0 atom stereocenters. The Morgan fingerprint density at radius 2 is 1.69 bits per heavy atom. The Morgan fingerprint density at radius 1 is 1.08 bits per heavy atom. The van der Waals surface area contributed by atoms with Crippen LogP contribution < -0.4 is 5.01 Å². The Kier molecular flexibility index (Phi) is 2.04. The van der Waals surface area contributed by atoms with E-state index in [1.165, 1.54) is 5.57 Å². The molecule has 0 amide bonds. The standard InChI is InChI=1S/C11H12N2/c1-2-11-5-9-13(10-6-11)12-7-3-4-8-12/h2-10H,1H3. The van der Waals surface area contributed by atoms with E-state index < -0.39 is 0 Å². The summed E-state index contributed by atoms with van der Waals surface area (Å²) in [5.41, 5.74) is 1.24. The number of hydrogen-bond acceptors (Lipinski definition) is 1. The molecule has 0 saturated carbocycles. The average Bonchev–Trinajstić information content (AvgIpc) is 2.71. The largest absolute Gasteiger partial charge is 0.265 e. The third-order valence-corrected chi connectivity index (χ3v) is 2.03. The van der Waals surface area contributed by atoms with Crippen LogP contribution in [0.2, 0.25) is 0 Å². The summed E-state index contributed by atoms with van der Waals surface area (Å²) in [6.07, 6.45) is 14.3. The highest BCUT2D eigenvalue weighted by molar-refractivity contribution is 5.38. The predicted molar refractivity (Wildman–Crippen MR) is 54.7 cm³/mol. The molecule has 66 valence electrons. The number of hydrogen-bond donors (Lipinski definition) is 0. The number of rotatable bonds is 1. The van der Waals surface area contributed by atoms with Gasteiger partial charge in [0.05, 0.1) is 0 Å². The molecule has 0 fully saturated rings. The van der Waals surface area contributed by atoms with Crippen molar-refractivity contribution in [2.24, 2.45) is 0 Å². The van der Waals surface area contributed by atoms with Gasteiger partial charge in [-0.2, -0.15) is 0 Å². The van der Waals surface area contributed by atoms with Gasteiger partial charge in [-0.15, -0.1) is 0 Å². The highest BCUT2D eigenvalue weighted by Crippen LogP contribution is 2.08. The van der Waals surface area contributed by atoms with Crippen LogP contribution in [0, 0.1) is 0 Å². The molecule has 1 aromatic rings. The summed E-state index contributed by atoms with van der Waals surface area (Å²) in [5, 5.41) is 2.02. The maximum absolute atomic E-state index is 2.08. The molecule has 0 aliphatic carbocycles. The molecule has 0 bridgehead atoms. The maximum Gasteiger partial charge on any atom is 0.0273 e. The summed E-state index contributed by atoms with van der Waals surface area (Å²) in [6, 6.07) is 4.01. The van der Waals surface area contributed by atoms with Gasteiger partial charge in [0.1, 0.15) is 0 Å². The van der Waals surface area contributed by atoms with E-state index in [2.05, 4.69) is 18.2 Å². The smallest absolute Gasteiger partial charge is 0.0273 e. The van der Waals surface area contributed by atoms with E-state index in [4.69, 9.17) is 0 Å². The van der Waals surface area contributed by atoms with Crippen LogP contribution in [0.1, 0.15) is 6.92 Å². The molecule has 0 unspecified atom stereocenters. The van der Waals surface area contributed by atoms with Gasteiger partial charge in [-0.25, -0.2) is 0 Å². The van der Waals surface area contributed by atoms with Crippen LogP contribution in [0.25, 0.3) is 0 Å². The molecule has 1 aliphatic heterocycles. The van der Waals surface area contributed by atoms with E-state index in [0.29, 0.717) is 0 Å². The minimum absolute atomic E-state index is 1.24. The lowest BCUT2D eigenvalue weighted by Crippen LogP contribution is -2.22. The Labute approximate surface area is 78.1 Å². The molecule has 13 heavy (non-hydrogen) atoms. The molecule has 0 saturated heterocycles. The second-order valence-electron chi connectivity index (χ2n) is 2.86. The average molecular weight is 172 g/mol. The highest BCUT2D eigenvalue weighted by Gasteiger charge is 1.99. The maximum atomic E-state index is 2.08. The fraction of sp³-hybridized carbons (Fsp3) is 0.0909. The van der Waals surface area contributed by atoms with Crippen LogP contribution in [-0.4, -0.2) is 4.68 Å². The van der Waals surface area contributed by atoms with Crippen molar-refractivity contribution in [1.29, 1.82) is 0 Å². The quantitative estimate of drug-likeness (QED) is 0.631. The summed E-state index contributed by atoms with van der Waals surface area (Å²) >= 11 is 0. The van der Waals surface area contributed by atoms with Gasteiger partial charge in [-0.05, 0) is 36.8 Å². The van der Waals surface area contributed by atoms with Gasteiger partial charge in [-0.1, -0.05) is 6.08 Å².